The highest BCUT2D eigenvalue weighted by Crippen LogP contribution is 2.18. The number of anilines is 2. The molecule has 2 rings (SSSR count). The lowest BCUT2D eigenvalue weighted by atomic mass is 10.1. The molecule has 104 valence electrons. The van der Waals surface area contributed by atoms with E-state index in [0.29, 0.717) is 4.99 Å². The van der Waals surface area contributed by atoms with Crippen LogP contribution in [-0.4, -0.2) is 9.97 Å². The smallest absolute Gasteiger partial charge is 0.131 e. The average molecular weight is 285 g/mol. The van der Waals surface area contributed by atoms with Gasteiger partial charge in [0.15, 0.2) is 0 Å². The highest BCUT2D eigenvalue weighted by atomic mass is 32.1. The molecule has 2 aromatic rings. The third kappa shape index (κ3) is 3.78. The summed E-state index contributed by atoms with van der Waals surface area (Å²) in [6.07, 6.45) is 2.26. The van der Waals surface area contributed by atoms with Crippen molar-refractivity contribution in [1.82, 2.24) is 4.98 Å². The fourth-order valence-corrected chi connectivity index (χ4v) is 2.18. The Morgan fingerprint density at radius 1 is 1.25 bits per heavy atom. The first kappa shape index (κ1) is 14.5. The zero-order valence-corrected chi connectivity index (χ0v) is 12.6. The molecule has 0 spiro atoms. The first-order valence-electron chi connectivity index (χ1n) is 6.73. The van der Waals surface area contributed by atoms with Crippen LogP contribution in [0.3, 0.4) is 0 Å². The number of hydrogen-bond donors (Lipinski definition) is 2. The molecular formula is C16H19N3S. The van der Waals surface area contributed by atoms with Crippen molar-refractivity contribution in [3.8, 4) is 0 Å². The minimum absolute atomic E-state index is 0.386. The topological polar surface area (TPSA) is 50.9 Å². The number of thiocarbonyl (C=S) groups is 1. The molecule has 1 aromatic heterocycles. The molecule has 0 unspecified atom stereocenters. The molecule has 1 heterocycles. The standard InChI is InChI=1S/C16H19N3S/c1-3-4-12-5-7-14(8-6-12)19-15-10-13(16(17)20)9-11(2)18-15/h5-10H,3-4H2,1-2H3,(H2,17,20)(H,18,19). The van der Waals surface area contributed by atoms with Gasteiger partial charge in [0.25, 0.3) is 0 Å². The maximum Gasteiger partial charge on any atom is 0.131 e. The normalized spacial score (nSPS) is 10.3. The van der Waals surface area contributed by atoms with E-state index in [1.54, 1.807) is 0 Å². The fraction of sp³-hybridized carbons (Fsp3) is 0.250. The van der Waals surface area contributed by atoms with Crippen LogP contribution in [0.5, 0.6) is 0 Å². The Balaban J connectivity index is 2.19. The molecular weight excluding hydrogens is 266 g/mol. The molecule has 0 aliphatic rings. The van der Waals surface area contributed by atoms with E-state index in [4.69, 9.17) is 18.0 Å². The van der Waals surface area contributed by atoms with Crippen molar-refractivity contribution in [1.29, 1.82) is 0 Å². The number of nitrogens with two attached hydrogens (primary N) is 1. The Hall–Kier alpha value is -1.94. The monoisotopic (exact) mass is 285 g/mol. The predicted molar refractivity (Wildman–Crippen MR) is 88.6 cm³/mol. The van der Waals surface area contributed by atoms with Gasteiger partial charge in [0, 0.05) is 16.9 Å². The van der Waals surface area contributed by atoms with E-state index >= 15 is 0 Å². The van der Waals surface area contributed by atoms with Crippen molar-refractivity contribution in [3.63, 3.8) is 0 Å². The summed E-state index contributed by atoms with van der Waals surface area (Å²) in [6, 6.07) is 12.2. The van der Waals surface area contributed by atoms with Crippen LogP contribution in [0.4, 0.5) is 11.5 Å². The molecule has 1 aromatic carbocycles. The van der Waals surface area contributed by atoms with Crippen LogP contribution in [0.2, 0.25) is 0 Å². The SMILES string of the molecule is CCCc1ccc(Nc2cc(C(N)=S)cc(C)n2)cc1. The predicted octanol–water partition coefficient (Wildman–Crippen LogP) is 3.72. The molecule has 0 radical (unpaired) electrons. The maximum absolute atomic E-state index is 5.67. The third-order valence-electron chi connectivity index (χ3n) is 3.00. The highest BCUT2D eigenvalue weighted by molar-refractivity contribution is 7.80. The van der Waals surface area contributed by atoms with Crippen molar-refractivity contribution in [2.24, 2.45) is 5.73 Å². The summed E-state index contributed by atoms with van der Waals surface area (Å²) in [5.41, 5.74) is 9.75. The molecule has 3 nitrogen and oxygen atoms in total. The van der Waals surface area contributed by atoms with Crippen molar-refractivity contribution < 1.29 is 0 Å². The lowest BCUT2D eigenvalue weighted by Crippen LogP contribution is -2.10. The second-order valence-corrected chi connectivity index (χ2v) is 5.26. The van der Waals surface area contributed by atoms with E-state index < -0.39 is 0 Å². The summed E-state index contributed by atoms with van der Waals surface area (Å²) in [5, 5.41) is 3.28. The number of hydrogen-bond acceptors (Lipinski definition) is 3. The first-order valence-corrected chi connectivity index (χ1v) is 7.13. The van der Waals surface area contributed by atoms with Gasteiger partial charge in [-0.3, -0.25) is 0 Å². The van der Waals surface area contributed by atoms with Gasteiger partial charge in [0.2, 0.25) is 0 Å². The molecule has 0 saturated heterocycles. The molecule has 0 aliphatic carbocycles. The molecule has 4 heteroatoms. The quantitative estimate of drug-likeness (QED) is 0.822. The summed E-state index contributed by atoms with van der Waals surface area (Å²) >= 11 is 5.01. The van der Waals surface area contributed by atoms with E-state index in [0.717, 1.165) is 35.6 Å². The number of pyridine rings is 1. The molecule has 0 aliphatic heterocycles. The van der Waals surface area contributed by atoms with Crippen molar-refractivity contribution in [2.75, 3.05) is 5.32 Å². The van der Waals surface area contributed by atoms with Crippen LogP contribution in [0, 0.1) is 6.92 Å². The van der Waals surface area contributed by atoms with Gasteiger partial charge in [0.05, 0.1) is 0 Å². The molecule has 0 atom stereocenters. The van der Waals surface area contributed by atoms with E-state index in [1.165, 1.54) is 5.56 Å². The lowest BCUT2D eigenvalue weighted by Gasteiger charge is -2.09. The van der Waals surface area contributed by atoms with Crippen LogP contribution in [-0.2, 0) is 6.42 Å². The number of benzene rings is 1. The minimum atomic E-state index is 0.386. The highest BCUT2D eigenvalue weighted by Gasteiger charge is 2.03. The van der Waals surface area contributed by atoms with Gasteiger partial charge < -0.3 is 11.1 Å². The number of aryl methyl sites for hydroxylation is 2. The summed E-state index contributed by atoms with van der Waals surface area (Å²) in [5.74, 6) is 0.760. The van der Waals surface area contributed by atoms with Gasteiger partial charge in [-0.05, 0) is 43.2 Å². The van der Waals surface area contributed by atoms with Gasteiger partial charge in [-0.15, -0.1) is 0 Å². The second-order valence-electron chi connectivity index (χ2n) is 4.82. The summed E-state index contributed by atoms with van der Waals surface area (Å²) in [4.78, 5) is 4.83. The molecule has 0 bridgehead atoms. The first-order chi connectivity index (χ1) is 9.58. The van der Waals surface area contributed by atoms with Gasteiger partial charge in [-0.25, -0.2) is 4.98 Å². The van der Waals surface area contributed by atoms with Crippen molar-refractivity contribution >= 4 is 28.7 Å². The van der Waals surface area contributed by atoms with Crippen LogP contribution < -0.4 is 11.1 Å². The Kier molecular flexibility index (Phi) is 4.69. The summed E-state index contributed by atoms with van der Waals surface area (Å²) in [7, 11) is 0. The largest absolute Gasteiger partial charge is 0.389 e. The zero-order chi connectivity index (χ0) is 14.5. The van der Waals surface area contributed by atoms with Gasteiger partial charge >= 0.3 is 0 Å². The van der Waals surface area contributed by atoms with E-state index in [9.17, 15) is 0 Å². The number of rotatable bonds is 5. The Labute approximate surface area is 125 Å². The Morgan fingerprint density at radius 3 is 2.55 bits per heavy atom. The van der Waals surface area contributed by atoms with Crippen LogP contribution in [0.25, 0.3) is 0 Å². The Morgan fingerprint density at radius 2 is 1.95 bits per heavy atom. The lowest BCUT2D eigenvalue weighted by molar-refractivity contribution is 0.922. The third-order valence-corrected chi connectivity index (χ3v) is 3.24. The fourth-order valence-electron chi connectivity index (χ4n) is 2.07. The van der Waals surface area contributed by atoms with Crippen LogP contribution >= 0.6 is 12.2 Å². The zero-order valence-electron chi connectivity index (χ0n) is 11.8. The van der Waals surface area contributed by atoms with Crippen LogP contribution in [0.1, 0.15) is 30.2 Å². The van der Waals surface area contributed by atoms with E-state index in [-0.39, 0.29) is 0 Å². The summed E-state index contributed by atoms with van der Waals surface area (Å²) in [6.45, 7) is 4.11. The Bertz CT molecular complexity index is 606. The molecule has 0 saturated carbocycles. The van der Waals surface area contributed by atoms with Crippen molar-refractivity contribution in [3.05, 3.63) is 53.2 Å². The number of aromatic nitrogens is 1. The van der Waals surface area contributed by atoms with E-state index in [2.05, 4.69) is 41.5 Å². The number of nitrogens with one attached hydrogen (secondary N) is 1. The second kappa shape index (κ2) is 6.48. The average Bonchev–Trinajstić information content (AvgIpc) is 2.40. The van der Waals surface area contributed by atoms with Crippen molar-refractivity contribution in [2.45, 2.75) is 26.7 Å². The van der Waals surface area contributed by atoms with E-state index in [1.807, 2.05) is 19.1 Å². The van der Waals surface area contributed by atoms with Crippen LogP contribution in [0.15, 0.2) is 36.4 Å². The van der Waals surface area contributed by atoms with Gasteiger partial charge in [-0.1, -0.05) is 37.7 Å². The molecule has 20 heavy (non-hydrogen) atoms. The molecule has 3 N–H and O–H groups in total. The maximum atomic E-state index is 5.67. The van der Waals surface area contributed by atoms with Gasteiger partial charge in [0.1, 0.15) is 10.8 Å². The van der Waals surface area contributed by atoms with Gasteiger partial charge in [-0.2, -0.15) is 0 Å². The molecule has 0 amide bonds. The number of nitrogens with zero attached hydrogens (tertiary/aromatic N) is 1. The minimum Gasteiger partial charge on any atom is -0.389 e. The summed E-state index contributed by atoms with van der Waals surface area (Å²) < 4.78 is 0. The molecule has 0 fully saturated rings.